The molecule has 0 radical (unpaired) electrons. The third-order valence-electron chi connectivity index (χ3n) is 2.11. The first-order chi connectivity index (χ1) is 7.16. The number of aromatic nitrogens is 1. The molecule has 0 bridgehead atoms. The first-order valence-corrected chi connectivity index (χ1v) is 4.79. The molecule has 0 saturated carbocycles. The molecule has 4 heteroatoms. The first-order valence-electron chi connectivity index (χ1n) is 4.42. The first kappa shape index (κ1) is 9.93. The Morgan fingerprint density at radius 1 is 1.40 bits per heavy atom. The highest BCUT2D eigenvalue weighted by atomic mass is 35.5. The second-order valence-electron chi connectivity index (χ2n) is 3.21. The molecule has 0 aliphatic rings. The minimum atomic E-state index is -0.852. The van der Waals surface area contributed by atoms with Crippen LogP contribution in [0, 0.1) is 0 Å². The number of benzene rings is 1. The van der Waals surface area contributed by atoms with Crippen LogP contribution in [0.2, 0.25) is 5.02 Å². The fourth-order valence-corrected chi connectivity index (χ4v) is 1.65. The summed E-state index contributed by atoms with van der Waals surface area (Å²) in [5.41, 5.74) is 1.50. The van der Waals surface area contributed by atoms with Crippen LogP contribution in [0.25, 0.3) is 10.9 Å². The summed E-state index contributed by atoms with van der Waals surface area (Å²) >= 11 is 5.98. The van der Waals surface area contributed by atoms with Crippen molar-refractivity contribution in [2.24, 2.45) is 0 Å². The molecule has 1 aromatic heterocycles. The monoisotopic (exact) mass is 221 g/mol. The minimum Gasteiger partial charge on any atom is -0.481 e. The number of fused-ring (bicyclic) bond motifs is 1. The van der Waals surface area contributed by atoms with Crippen LogP contribution in [0.3, 0.4) is 0 Å². The summed E-state index contributed by atoms with van der Waals surface area (Å²) in [4.78, 5) is 14.7. The Balaban J connectivity index is 2.54. The Kier molecular flexibility index (Phi) is 2.56. The maximum absolute atomic E-state index is 10.5. The molecule has 76 valence electrons. The van der Waals surface area contributed by atoms with E-state index < -0.39 is 5.97 Å². The Bertz CT molecular complexity index is 525. The highest BCUT2D eigenvalue weighted by Crippen LogP contribution is 2.22. The van der Waals surface area contributed by atoms with Crippen LogP contribution in [-0.4, -0.2) is 16.1 Å². The Hall–Kier alpha value is -1.61. The Morgan fingerprint density at radius 2 is 2.20 bits per heavy atom. The molecule has 0 amide bonds. The number of hydrogen-bond donors (Lipinski definition) is 1. The summed E-state index contributed by atoms with van der Waals surface area (Å²) in [7, 11) is 0. The number of pyridine rings is 1. The predicted molar refractivity (Wildman–Crippen MR) is 58.1 cm³/mol. The van der Waals surface area contributed by atoms with E-state index in [1.165, 1.54) is 0 Å². The van der Waals surface area contributed by atoms with Crippen molar-refractivity contribution in [1.82, 2.24) is 4.98 Å². The largest absolute Gasteiger partial charge is 0.481 e. The molecule has 0 unspecified atom stereocenters. The molecule has 0 saturated heterocycles. The van der Waals surface area contributed by atoms with Crippen LogP contribution in [0.4, 0.5) is 0 Å². The lowest BCUT2D eigenvalue weighted by molar-refractivity contribution is -0.136. The molecule has 0 aliphatic carbocycles. The second-order valence-corrected chi connectivity index (χ2v) is 3.62. The number of rotatable bonds is 2. The summed E-state index contributed by atoms with van der Waals surface area (Å²) < 4.78 is 0. The van der Waals surface area contributed by atoms with Crippen molar-refractivity contribution < 1.29 is 9.90 Å². The summed E-state index contributed by atoms with van der Waals surface area (Å²) in [6.07, 6.45) is 1.63. The highest BCUT2D eigenvalue weighted by molar-refractivity contribution is 6.35. The molecule has 0 atom stereocenters. The molecule has 15 heavy (non-hydrogen) atoms. The van der Waals surface area contributed by atoms with E-state index in [-0.39, 0.29) is 6.42 Å². The van der Waals surface area contributed by atoms with E-state index in [2.05, 4.69) is 4.98 Å². The van der Waals surface area contributed by atoms with Gasteiger partial charge in [0.15, 0.2) is 0 Å². The molecule has 0 spiro atoms. The van der Waals surface area contributed by atoms with Gasteiger partial charge in [0.1, 0.15) is 0 Å². The van der Waals surface area contributed by atoms with Crippen LogP contribution in [0.15, 0.2) is 30.5 Å². The van der Waals surface area contributed by atoms with Crippen molar-refractivity contribution in [1.29, 1.82) is 0 Å². The van der Waals surface area contributed by atoms with Gasteiger partial charge >= 0.3 is 5.97 Å². The summed E-state index contributed by atoms with van der Waals surface area (Å²) in [6, 6.07) is 6.98. The van der Waals surface area contributed by atoms with Crippen LogP contribution in [0.5, 0.6) is 0 Å². The van der Waals surface area contributed by atoms with Gasteiger partial charge in [-0.2, -0.15) is 0 Å². The number of aliphatic carboxylic acids is 1. The van der Waals surface area contributed by atoms with Gasteiger partial charge in [-0.3, -0.25) is 9.78 Å². The molecule has 0 fully saturated rings. The van der Waals surface area contributed by atoms with Gasteiger partial charge in [0.2, 0.25) is 0 Å². The van der Waals surface area contributed by atoms with E-state index in [0.29, 0.717) is 5.02 Å². The van der Waals surface area contributed by atoms with E-state index in [1.54, 1.807) is 30.5 Å². The normalized spacial score (nSPS) is 10.5. The van der Waals surface area contributed by atoms with Gasteiger partial charge < -0.3 is 5.11 Å². The summed E-state index contributed by atoms with van der Waals surface area (Å²) in [6.45, 7) is 0. The number of carbonyl (C=O) groups is 1. The van der Waals surface area contributed by atoms with Crippen molar-refractivity contribution in [3.05, 3.63) is 41.0 Å². The third-order valence-corrected chi connectivity index (χ3v) is 2.44. The fourth-order valence-electron chi connectivity index (χ4n) is 1.44. The molecular formula is C11H8ClNO2. The highest BCUT2D eigenvalue weighted by Gasteiger charge is 2.04. The molecule has 3 nitrogen and oxygen atoms in total. The SMILES string of the molecule is O=C(O)Cc1ccc2nccc(Cl)c2c1. The van der Waals surface area contributed by atoms with E-state index in [4.69, 9.17) is 16.7 Å². The minimum absolute atomic E-state index is 0.00115. The van der Waals surface area contributed by atoms with E-state index in [9.17, 15) is 4.79 Å². The standard InChI is InChI=1S/C11H8ClNO2/c12-9-3-4-13-10-2-1-7(5-8(9)10)6-11(14)15/h1-5H,6H2,(H,14,15). The van der Waals surface area contributed by atoms with Crippen LogP contribution >= 0.6 is 11.6 Å². The van der Waals surface area contributed by atoms with Crippen molar-refractivity contribution in [3.63, 3.8) is 0 Å². The van der Waals surface area contributed by atoms with Gasteiger partial charge in [-0.15, -0.1) is 0 Å². The lowest BCUT2D eigenvalue weighted by Crippen LogP contribution is -1.99. The van der Waals surface area contributed by atoms with E-state index in [1.807, 2.05) is 0 Å². The van der Waals surface area contributed by atoms with Gasteiger partial charge in [-0.25, -0.2) is 0 Å². The number of carboxylic acid groups (broad SMARTS) is 1. The molecular weight excluding hydrogens is 214 g/mol. The average molecular weight is 222 g/mol. The summed E-state index contributed by atoms with van der Waals surface area (Å²) in [5.74, 6) is -0.852. The molecule has 2 aromatic rings. The molecule has 1 heterocycles. The van der Waals surface area contributed by atoms with Gasteiger partial charge in [-0.05, 0) is 23.8 Å². The summed E-state index contributed by atoms with van der Waals surface area (Å²) in [5, 5.41) is 10.0. The third kappa shape index (κ3) is 2.07. The van der Waals surface area contributed by atoms with Gasteiger partial charge in [0.25, 0.3) is 0 Å². The lowest BCUT2D eigenvalue weighted by Gasteiger charge is -2.02. The fraction of sp³-hybridized carbons (Fsp3) is 0.0909. The second kappa shape index (κ2) is 3.87. The number of hydrogen-bond acceptors (Lipinski definition) is 2. The van der Waals surface area contributed by atoms with Crippen molar-refractivity contribution in [2.75, 3.05) is 0 Å². The number of nitrogens with zero attached hydrogens (tertiary/aromatic N) is 1. The number of carboxylic acids is 1. The molecule has 1 N–H and O–H groups in total. The molecule has 2 rings (SSSR count). The van der Waals surface area contributed by atoms with E-state index in [0.717, 1.165) is 16.5 Å². The zero-order chi connectivity index (χ0) is 10.8. The van der Waals surface area contributed by atoms with Crippen molar-refractivity contribution in [3.8, 4) is 0 Å². The Labute approximate surface area is 91.3 Å². The number of halogens is 1. The van der Waals surface area contributed by atoms with Gasteiger partial charge in [0.05, 0.1) is 17.0 Å². The Morgan fingerprint density at radius 3 is 2.93 bits per heavy atom. The maximum Gasteiger partial charge on any atom is 0.307 e. The van der Waals surface area contributed by atoms with Gasteiger partial charge in [0, 0.05) is 11.6 Å². The van der Waals surface area contributed by atoms with Gasteiger partial charge in [-0.1, -0.05) is 17.7 Å². The average Bonchev–Trinajstić information content (AvgIpc) is 2.18. The van der Waals surface area contributed by atoms with Crippen molar-refractivity contribution >= 4 is 28.5 Å². The topological polar surface area (TPSA) is 50.2 Å². The van der Waals surface area contributed by atoms with Crippen LogP contribution in [-0.2, 0) is 11.2 Å². The van der Waals surface area contributed by atoms with Crippen LogP contribution in [0.1, 0.15) is 5.56 Å². The van der Waals surface area contributed by atoms with E-state index >= 15 is 0 Å². The lowest BCUT2D eigenvalue weighted by atomic mass is 10.1. The zero-order valence-electron chi connectivity index (χ0n) is 7.77. The van der Waals surface area contributed by atoms with Crippen molar-refractivity contribution in [2.45, 2.75) is 6.42 Å². The quantitative estimate of drug-likeness (QED) is 0.848. The smallest absolute Gasteiger partial charge is 0.307 e. The molecule has 0 aliphatic heterocycles. The predicted octanol–water partition coefficient (Wildman–Crippen LogP) is 2.52. The molecule has 1 aromatic carbocycles. The maximum atomic E-state index is 10.5. The zero-order valence-corrected chi connectivity index (χ0v) is 8.53. The van der Waals surface area contributed by atoms with Crippen LogP contribution < -0.4 is 0 Å².